The first-order valence-electron chi connectivity index (χ1n) is 8.48. The zero-order valence-electron chi connectivity index (χ0n) is 14.3. The topological polar surface area (TPSA) is 76.9 Å². The second-order valence-corrected chi connectivity index (χ2v) is 8.10. The summed E-state index contributed by atoms with van der Waals surface area (Å²) in [6, 6.07) is 0. The Morgan fingerprint density at radius 2 is 2.09 bits per heavy atom. The Kier molecular flexibility index (Phi) is 8.97. The summed E-state index contributed by atoms with van der Waals surface area (Å²) < 4.78 is 0. The maximum atomic E-state index is 10.4. The summed E-state index contributed by atoms with van der Waals surface area (Å²) in [4.78, 5) is 4.67. The largest absolute Gasteiger partial charge is 0.392 e. The molecule has 4 N–H and O–H groups in total. The molecule has 1 saturated heterocycles. The molecule has 1 saturated carbocycles. The number of nitrogens with zero attached hydrogens (tertiary/aromatic N) is 1. The Hall–Kier alpha value is 0.270. The molecule has 0 aromatic rings. The number of aliphatic hydroxyl groups excluding tert-OH is 1. The van der Waals surface area contributed by atoms with E-state index in [-0.39, 0.29) is 35.5 Å². The second-order valence-electron chi connectivity index (χ2n) is 6.99. The molecule has 1 heterocycles. The molecule has 0 amide bonds. The number of guanidine groups is 1. The average Bonchev–Trinajstić information content (AvgIpc) is 2.93. The molecule has 1 aliphatic heterocycles. The van der Waals surface area contributed by atoms with Gasteiger partial charge in [-0.05, 0) is 31.9 Å². The summed E-state index contributed by atoms with van der Waals surface area (Å²) in [6.45, 7) is 6.11. The minimum atomic E-state index is -0.616. The Balaban J connectivity index is 0.00000264. The summed E-state index contributed by atoms with van der Waals surface area (Å²) in [7, 11) is 0. The number of rotatable bonds is 5. The third kappa shape index (κ3) is 6.25. The van der Waals surface area contributed by atoms with Gasteiger partial charge in [0.2, 0.25) is 0 Å². The van der Waals surface area contributed by atoms with Gasteiger partial charge in [-0.2, -0.15) is 11.8 Å². The third-order valence-corrected chi connectivity index (χ3v) is 6.12. The van der Waals surface area contributed by atoms with Crippen LogP contribution in [0.2, 0.25) is 0 Å². The van der Waals surface area contributed by atoms with Crippen molar-refractivity contribution in [3.05, 3.63) is 0 Å². The van der Waals surface area contributed by atoms with Gasteiger partial charge in [-0.3, -0.25) is 4.99 Å². The molecule has 1 aliphatic carbocycles. The lowest BCUT2D eigenvalue weighted by molar-refractivity contribution is 0.00711. The fraction of sp³-hybridized carbons (Fsp3) is 0.938. The monoisotopic (exact) mass is 457 g/mol. The minimum Gasteiger partial charge on any atom is -0.392 e. The van der Waals surface area contributed by atoms with Gasteiger partial charge in [-0.15, -0.1) is 24.0 Å². The van der Waals surface area contributed by atoms with Crippen molar-refractivity contribution in [3.8, 4) is 0 Å². The summed E-state index contributed by atoms with van der Waals surface area (Å²) in [5.41, 5.74) is -0.740. The number of aliphatic imine (C=N–C) groups is 1. The molecule has 2 aliphatic rings. The van der Waals surface area contributed by atoms with Crippen LogP contribution in [0.4, 0.5) is 0 Å². The Bertz CT molecular complexity index is 392. The van der Waals surface area contributed by atoms with E-state index in [1.165, 1.54) is 6.42 Å². The van der Waals surface area contributed by atoms with Gasteiger partial charge in [0.15, 0.2) is 5.96 Å². The Morgan fingerprint density at radius 3 is 2.70 bits per heavy atom. The number of hydrogen-bond acceptors (Lipinski definition) is 4. The van der Waals surface area contributed by atoms with E-state index in [0.29, 0.717) is 13.1 Å². The fourth-order valence-electron chi connectivity index (χ4n) is 3.15. The van der Waals surface area contributed by atoms with Crippen LogP contribution in [0.3, 0.4) is 0 Å². The van der Waals surface area contributed by atoms with Crippen LogP contribution in [-0.4, -0.2) is 59.0 Å². The lowest BCUT2D eigenvalue weighted by atomic mass is 9.73. The second kappa shape index (κ2) is 9.68. The number of thioether (sulfide) groups is 1. The number of aliphatic hydroxyl groups is 2. The van der Waals surface area contributed by atoms with Gasteiger partial charge < -0.3 is 20.8 Å². The molecule has 136 valence electrons. The van der Waals surface area contributed by atoms with Crippen molar-refractivity contribution in [2.24, 2.45) is 10.4 Å². The lowest BCUT2D eigenvalue weighted by Gasteiger charge is -2.37. The van der Waals surface area contributed by atoms with Crippen LogP contribution in [0, 0.1) is 5.41 Å². The molecule has 7 heteroatoms. The van der Waals surface area contributed by atoms with Crippen molar-refractivity contribution in [1.29, 1.82) is 0 Å². The summed E-state index contributed by atoms with van der Waals surface area (Å²) in [6.07, 6.45) is 4.77. The highest BCUT2D eigenvalue weighted by molar-refractivity contribution is 14.0. The maximum absolute atomic E-state index is 10.4. The summed E-state index contributed by atoms with van der Waals surface area (Å²) in [5, 5.41) is 27.2. The van der Waals surface area contributed by atoms with Crippen molar-refractivity contribution in [1.82, 2.24) is 10.6 Å². The number of halogens is 1. The molecule has 3 atom stereocenters. The Morgan fingerprint density at radius 1 is 1.30 bits per heavy atom. The number of nitrogens with one attached hydrogen (secondary N) is 2. The zero-order chi connectivity index (χ0) is 16.1. The standard InChI is InChI=1S/C16H31N3O2S.HI/c1-3-17-14(19-11-16(21)8-9-22-12-16)18-10-15(2)7-5-4-6-13(15)20;/h13,20-21H,3-12H2,1-2H3,(H2,17,18,19);1H. The van der Waals surface area contributed by atoms with Crippen molar-refractivity contribution in [3.63, 3.8) is 0 Å². The fourth-order valence-corrected chi connectivity index (χ4v) is 4.45. The van der Waals surface area contributed by atoms with Gasteiger partial charge in [-0.25, -0.2) is 0 Å². The number of hydrogen-bond donors (Lipinski definition) is 4. The van der Waals surface area contributed by atoms with Crippen LogP contribution >= 0.6 is 35.7 Å². The molecular weight excluding hydrogens is 425 g/mol. The molecule has 2 rings (SSSR count). The van der Waals surface area contributed by atoms with Gasteiger partial charge in [0, 0.05) is 24.3 Å². The SMILES string of the molecule is CCNC(=NCC1(C)CCCCC1O)NCC1(O)CCSC1.I. The normalized spacial score (nSPS) is 34.8. The van der Waals surface area contributed by atoms with Crippen LogP contribution in [0.15, 0.2) is 4.99 Å². The quantitative estimate of drug-likeness (QED) is 0.289. The van der Waals surface area contributed by atoms with E-state index < -0.39 is 5.60 Å². The Labute approximate surface area is 161 Å². The van der Waals surface area contributed by atoms with Gasteiger partial charge in [0.05, 0.1) is 18.2 Å². The molecular formula is C16H32IN3O2S. The highest BCUT2D eigenvalue weighted by Crippen LogP contribution is 2.36. The molecule has 2 fully saturated rings. The van der Waals surface area contributed by atoms with E-state index in [9.17, 15) is 10.2 Å². The van der Waals surface area contributed by atoms with Crippen LogP contribution in [0.25, 0.3) is 0 Å². The highest BCUT2D eigenvalue weighted by Gasteiger charge is 2.35. The first-order chi connectivity index (χ1) is 10.5. The molecule has 3 unspecified atom stereocenters. The van der Waals surface area contributed by atoms with Crippen LogP contribution in [0.5, 0.6) is 0 Å². The van der Waals surface area contributed by atoms with E-state index >= 15 is 0 Å². The van der Waals surface area contributed by atoms with Gasteiger partial charge in [0.25, 0.3) is 0 Å². The van der Waals surface area contributed by atoms with Crippen molar-refractivity contribution < 1.29 is 10.2 Å². The van der Waals surface area contributed by atoms with E-state index in [0.717, 1.165) is 49.7 Å². The first kappa shape index (κ1) is 21.3. The summed E-state index contributed by atoms with van der Waals surface area (Å²) >= 11 is 1.80. The predicted molar refractivity (Wildman–Crippen MR) is 109 cm³/mol. The van der Waals surface area contributed by atoms with E-state index in [4.69, 9.17) is 0 Å². The van der Waals surface area contributed by atoms with Crippen LogP contribution < -0.4 is 10.6 Å². The van der Waals surface area contributed by atoms with Crippen molar-refractivity contribution >= 4 is 41.7 Å². The van der Waals surface area contributed by atoms with E-state index in [1.807, 2.05) is 6.92 Å². The molecule has 0 aromatic carbocycles. The highest BCUT2D eigenvalue weighted by atomic mass is 127. The molecule has 0 aromatic heterocycles. The summed E-state index contributed by atoms with van der Waals surface area (Å²) in [5.74, 6) is 2.55. The first-order valence-corrected chi connectivity index (χ1v) is 9.63. The molecule has 23 heavy (non-hydrogen) atoms. The van der Waals surface area contributed by atoms with E-state index in [2.05, 4.69) is 22.5 Å². The average molecular weight is 457 g/mol. The third-order valence-electron chi connectivity index (χ3n) is 4.89. The molecule has 0 radical (unpaired) electrons. The van der Waals surface area contributed by atoms with Crippen molar-refractivity contribution in [2.45, 2.75) is 57.7 Å². The molecule has 0 bridgehead atoms. The van der Waals surface area contributed by atoms with Crippen molar-refractivity contribution in [2.75, 3.05) is 31.1 Å². The smallest absolute Gasteiger partial charge is 0.191 e. The molecule has 0 spiro atoms. The zero-order valence-corrected chi connectivity index (χ0v) is 17.5. The molecule has 5 nitrogen and oxygen atoms in total. The van der Waals surface area contributed by atoms with Crippen LogP contribution in [0.1, 0.15) is 46.0 Å². The lowest BCUT2D eigenvalue weighted by Crippen LogP contribution is -2.48. The van der Waals surface area contributed by atoms with Gasteiger partial charge in [-0.1, -0.05) is 19.8 Å². The predicted octanol–water partition coefficient (Wildman–Crippen LogP) is 1.97. The van der Waals surface area contributed by atoms with Gasteiger partial charge >= 0.3 is 0 Å². The maximum Gasteiger partial charge on any atom is 0.191 e. The van der Waals surface area contributed by atoms with E-state index in [1.54, 1.807) is 11.8 Å². The van der Waals surface area contributed by atoms with Gasteiger partial charge in [0.1, 0.15) is 0 Å². The minimum absolute atomic E-state index is 0. The van der Waals surface area contributed by atoms with Crippen LogP contribution in [-0.2, 0) is 0 Å².